The molecule has 0 radical (unpaired) electrons. The number of hydrogen-bond acceptors (Lipinski definition) is 3. The molecule has 23 heavy (non-hydrogen) atoms. The van der Waals surface area contributed by atoms with Crippen molar-refractivity contribution < 1.29 is 9.53 Å². The Morgan fingerprint density at radius 2 is 1.83 bits per heavy atom. The second-order valence-electron chi connectivity index (χ2n) is 5.70. The quantitative estimate of drug-likeness (QED) is 0.879. The molecule has 0 aliphatic carbocycles. The second kappa shape index (κ2) is 7.42. The van der Waals surface area contributed by atoms with Crippen molar-refractivity contribution >= 4 is 34.0 Å². The Balaban J connectivity index is 1.52. The number of carbonyl (C=O) groups excluding carboxylic acids is 1. The fourth-order valence-electron chi connectivity index (χ4n) is 2.74. The summed E-state index contributed by atoms with van der Waals surface area (Å²) in [5.74, 6) is 0.469. The van der Waals surface area contributed by atoms with Gasteiger partial charge >= 0.3 is 0 Å². The minimum Gasteiger partial charge on any atom is -0.484 e. The van der Waals surface area contributed by atoms with Gasteiger partial charge in [-0.3, -0.25) is 4.79 Å². The molecule has 1 N–H and O–H groups in total. The second-order valence-corrected chi connectivity index (χ2v) is 6.09. The highest BCUT2D eigenvalue weighted by Crippen LogP contribution is 2.20. The Hall–Kier alpha value is -2.14. The standard InChI is InChI=1S/C18H20N2O2S/c21-17(19-18(23)20-10-4-1-5-11-20)13-22-16-9-8-14-6-2-3-7-15(14)12-16/h2-3,6-9,12H,1,4-5,10-11,13H2,(H,19,21,23). The smallest absolute Gasteiger partial charge is 0.264 e. The molecule has 1 aliphatic rings. The molecule has 1 aliphatic heterocycles. The summed E-state index contributed by atoms with van der Waals surface area (Å²) in [7, 11) is 0. The first kappa shape index (κ1) is 15.7. The molecule has 0 bridgehead atoms. The number of carbonyl (C=O) groups is 1. The van der Waals surface area contributed by atoms with E-state index < -0.39 is 0 Å². The molecule has 5 heteroatoms. The number of thiocarbonyl (C=S) groups is 1. The van der Waals surface area contributed by atoms with E-state index in [1.807, 2.05) is 47.4 Å². The lowest BCUT2D eigenvalue weighted by Crippen LogP contribution is -2.46. The summed E-state index contributed by atoms with van der Waals surface area (Å²) >= 11 is 5.28. The van der Waals surface area contributed by atoms with Gasteiger partial charge in [0.1, 0.15) is 5.75 Å². The van der Waals surface area contributed by atoms with Gasteiger partial charge < -0.3 is 15.0 Å². The summed E-state index contributed by atoms with van der Waals surface area (Å²) in [6.45, 7) is 1.81. The highest BCUT2D eigenvalue weighted by molar-refractivity contribution is 7.80. The van der Waals surface area contributed by atoms with E-state index in [0.29, 0.717) is 10.9 Å². The highest BCUT2D eigenvalue weighted by atomic mass is 32.1. The Morgan fingerprint density at radius 1 is 1.09 bits per heavy atom. The monoisotopic (exact) mass is 328 g/mol. The van der Waals surface area contributed by atoms with Gasteiger partial charge in [0.05, 0.1) is 0 Å². The minimum absolute atomic E-state index is 0.0354. The third-order valence-corrected chi connectivity index (χ3v) is 4.34. The van der Waals surface area contributed by atoms with E-state index in [1.165, 1.54) is 6.42 Å². The highest BCUT2D eigenvalue weighted by Gasteiger charge is 2.15. The predicted molar refractivity (Wildman–Crippen MR) is 95.6 cm³/mol. The average Bonchev–Trinajstić information content (AvgIpc) is 2.60. The van der Waals surface area contributed by atoms with E-state index in [2.05, 4.69) is 5.32 Å². The van der Waals surface area contributed by atoms with Crippen LogP contribution in [0.15, 0.2) is 42.5 Å². The number of benzene rings is 2. The Morgan fingerprint density at radius 3 is 2.61 bits per heavy atom. The average molecular weight is 328 g/mol. The molecule has 1 heterocycles. The third-order valence-electron chi connectivity index (χ3n) is 3.98. The van der Waals surface area contributed by atoms with Crippen LogP contribution in [0.3, 0.4) is 0 Å². The number of rotatable bonds is 3. The van der Waals surface area contributed by atoms with E-state index >= 15 is 0 Å². The van der Waals surface area contributed by atoms with Crippen molar-refractivity contribution in [3.63, 3.8) is 0 Å². The molecule has 0 unspecified atom stereocenters. The van der Waals surface area contributed by atoms with Crippen LogP contribution in [0.5, 0.6) is 5.75 Å². The van der Waals surface area contributed by atoms with Gasteiger partial charge in [-0.1, -0.05) is 30.3 Å². The normalized spacial score (nSPS) is 14.5. The summed E-state index contributed by atoms with van der Waals surface area (Å²) in [4.78, 5) is 14.0. The lowest BCUT2D eigenvalue weighted by molar-refractivity contribution is -0.121. The zero-order valence-electron chi connectivity index (χ0n) is 13.0. The summed E-state index contributed by atoms with van der Waals surface area (Å²) in [6, 6.07) is 13.8. The summed E-state index contributed by atoms with van der Waals surface area (Å²) in [6.07, 6.45) is 3.49. The van der Waals surface area contributed by atoms with Crippen LogP contribution < -0.4 is 10.1 Å². The van der Waals surface area contributed by atoms with Crippen LogP contribution in [-0.2, 0) is 4.79 Å². The zero-order valence-corrected chi connectivity index (χ0v) is 13.8. The van der Waals surface area contributed by atoms with Gasteiger partial charge in [0, 0.05) is 13.1 Å². The van der Waals surface area contributed by atoms with Crippen molar-refractivity contribution in [1.82, 2.24) is 10.2 Å². The van der Waals surface area contributed by atoms with Crippen LogP contribution >= 0.6 is 12.2 Å². The topological polar surface area (TPSA) is 41.6 Å². The molecule has 2 aromatic rings. The van der Waals surface area contributed by atoms with Gasteiger partial charge in [0.25, 0.3) is 5.91 Å². The zero-order chi connectivity index (χ0) is 16.1. The third kappa shape index (κ3) is 4.20. The largest absolute Gasteiger partial charge is 0.484 e. The molecular formula is C18H20N2O2S. The minimum atomic E-state index is -0.214. The maximum atomic E-state index is 12.0. The van der Waals surface area contributed by atoms with Crippen molar-refractivity contribution in [3.8, 4) is 5.75 Å². The van der Waals surface area contributed by atoms with Gasteiger partial charge in [0.2, 0.25) is 0 Å². The Labute approximate surface area is 141 Å². The van der Waals surface area contributed by atoms with Crippen molar-refractivity contribution in [2.45, 2.75) is 19.3 Å². The van der Waals surface area contributed by atoms with E-state index in [0.717, 1.165) is 36.7 Å². The number of hydrogen-bond donors (Lipinski definition) is 1. The first-order valence-electron chi connectivity index (χ1n) is 7.93. The molecular weight excluding hydrogens is 308 g/mol. The molecule has 4 nitrogen and oxygen atoms in total. The van der Waals surface area contributed by atoms with Crippen molar-refractivity contribution in [1.29, 1.82) is 0 Å². The molecule has 0 aromatic heterocycles. The van der Waals surface area contributed by atoms with Gasteiger partial charge in [-0.2, -0.15) is 0 Å². The summed E-state index contributed by atoms with van der Waals surface area (Å²) in [5.41, 5.74) is 0. The van der Waals surface area contributed by atoms with Crippen LogP contribution in [0.25, 0.3) is 10.8 Å². The number of ether oxygens (including phenoxy) is 1. The maximum absolute atomic E-state index is 12.0. The first-order chi connectivity index (χ1) is 11.2. The fourth-order valence-corrected chi connectivity index (χ4v) is 3.03. The van der Waals surface area contributed by atoms with Crippen molar-refractivity contribution in [2.24, 2.45) is 0 Å². The Bertz CT molecular complexity index is 711. The first-order valence-corrected chi connectivity index (χ1v) is 8.33. The number of likely N-dealkylation sites (tertiary alicyclic amines) is 1. The Kier molecular flexibility index (Phi) is 5.08. The van der Waals surface area contributed by atoms with E-state index in [4.69, 9.17) is 17.0 Å². The van der Waals surface area contributed by atoms with E-state index in [-0.39, 0.29) is 12.5 Å². The van der Waals surface area contributed by atoms with Crippen LogP contribution in [-0.4, -0.2) is 35.6 Å². The lowest BCUT2D eigenvalue weighted by atomic mass is 10.1. The van der Waals surface area contributed by atoms with Gasteiger partial charge in [-0.05, 0) is 54.4 Å². The van der Waals surface area contributed by atoms with Crippen molar-refractivity contribution in [3.05, 3.63) is 42.5 Å². The molecule has 0 spiro atoms. The number of nitrogens with zero attached hydrogens (tertiary/aromatic N) is 1. The molecule has 120 valence electrons. The molecule has 0 saturated carbocycles. The molecule has 0 atom stereocenters. The van der Waals surface area contributed by atoms with Crippen molar-refractivity contribution in [2.75, 3.05) is 19.7 Å². The van der Waals surface area contributed by atoms with Crippen LogP contribution in [0, 0.1) is 0 Å². The predicted octanol–water partition coefficient (Wildman–Crippen LogP) is 3.11. The molecule has 1 amide bonds. The summed E-state index contributed by atoms with van der Waals surface area (Å²) < 4.78 is 5.57. The van der Waals surface area contributed by atoms with Gasteiger partial charge in [-0.15, -0.1) is 0 Å². The molecule has 1 fully saturated rings. The molecule has 3 rings (SSSR count). The van der Waals surface area contributed by atoms with Gasteiger partial charge in [-0.25, -0.2) is 0 Å². The number of fused-ring (bicyclic) bond motifs is 1. The SMILES string of the molecule is O=C(COc1ccc2ccccc2c1)NC(=S)N1CCCCC1. The molecule has 1 saturated heterocycles. The van der Waals surface area contributed by atoms with Crippen LogP contribution in [0.2, 0.25) is 0 Å². The number of piperidine rings is 1. The van der Waals surface area contributed by atoms with Gasteiger partial charge in [0.15, 0.2) is 11.7 Å². The van der Waals surface area contributed by atoms with E-state index in [1.54, 1.807) is 0 Å². The number of amides is 1. The maximum Gasteiger partial charge on any atom is 0.264 e. The summed E-state index contributed by atoms with van der Waals surface area (Å²) in [5, 5.41) is 5.50. The lowest BCUT2D eigenvalue weighted by Gasteiger charge is -2.28. The number of nitrogens with one attached hydrogen (secondary N) is 1. The molecule has 2 aromatic carbocycles. The van der Waals surface area contributed by atoms with Crippen LogP contribution in [0.1, 0.15) is 19.3 Å². The van der Waals surface area contributed by atoms with Crippen LogP contribution in [0.4, 0.5) is 0 Å². The fraction of sp³-hybridized carbons (Fsp3) is 0.333. The van der Waals surface area contributed by atoms with E-state index in [9.17, 15) is 4.79 Å².